The number of halogens is 2. The number of nitrogens with one attached hydrogen (secondary N) is 1. The molecule has 0 unspecified atom stereocenters. The van der Waals surface area contributed by atoms with Crippen molar-refractivity contribution in [2.75, 3.05) is 37.4 Å². The summed E-state index contributed by atoms with van der Waals surface area (Å²) in [5.74, 6) is 0.722. The lowest BCUT2D eigenvalue weighted by molar-refractivity contribution is 0.315. The molecule has 1 aliphatic rings. The van der Waals surface area contributed by atoms with Gasteiger partial charge < -0.3 is 15.1 Å². The van der Waals surface area contributed by atoms with Crippen molar-refractivity contribution in [3.63, 3.8) is 0 Å². The lowest BCUT2D eigenvalue weighted by Gasteiger charge is -2.22. The Kier molecular flexibility index (Phi) is 5.98. The van der Waals surface area contributed by atoms with Crippen LogP contribution in [0.4, 0.5) is 17.3 Å². The fraction of sp³-hybridized carbons (Fsp3) is 0.231. The highest BCUT2D eigenvalue weighted by molar-refractivity contribution is 6.37. The molecule has 1 N–H and O–H groups in total. The number of benzene rings is 2. The van der Waals surface area contributed by atoms with Crippen LogP contribution in [0.3, 0.4) is 0 Å². The van der Waals surface area contributed by atoms with Crippen molar-refractivity contribution in [1.29, 1.82) is 0 Å². The average molecular weight is 535 g/mol. The number of hydrogen-bond donors (Lipinski definition) is 1. The van der Waals surface area contributed by atoms with Crippen LogP contribution in [0.2, 0.25) is 10.0 Å². The van der Waals surface area contributed by atoms with Crippen LogP contribution in [0.5, 0.6) is 0 Å². The summed E-state index contributed by atoms with van der Waals surface area (Å²) in [5, 5.41) is 4.24. The first-order valence-corrected chi connectivity index (χ1v) is 12.6. The number of hydrogen-bond acceptors (Lipinski definition) is 7. The molecule has 0 radical (unpaired) electrons. The number of imidazole rings is 1. The summed E-state index contributed by atoms with van der Waals surface area (Å²) < 4.78 is 3.11. The van der Waals surface area contributed by atoms with Gasteiger partial charge in [-0.25, -0.2) is 14.5 Å². The molecule has 0 spiro atoms. The monoisotopic (exact) mass is 534 g/mol. The predicted octanol–water partition coefficient (Wildman–Crippen LogP) is 4.62. The van der Waals surface area contributed by atoms with Crippen LogP contribution in [0, 0.1) is 0 Å². The quantitative estimate of drug-likeness (QED) is 0.352. The number of likely N-dealkylation sites (N-methyl/N-ethyl adjacent to an activating group) is 1. The molecule has 6 rings (SSSR count). The van der Waals surface area contributed by atoms with E-state index in [1.54, 1.807) is 35.0 Å². The third-order valence-corrected chi connectivity index (χ3v) is 7.40. The normalized spacial score (nSPS) is 15.8. The first-order valence-electron chi connectivity index (χ1n) is 11.9. The Labute approximate surface area is 222 Å². The summed E-state index contributed by atoms with van der Waals surface area (Å²) in [7, 11) is 4.26. The van der Waals surface area contributed by atoms with Crippen LogP contribution in [0.15, 0.2) is 65.8 Å². The van der Waals surface area contributed by atoms with Crippen LogP contribution >= 0.6 is 23.2 Å². The van der Waals surface area contributed by atoms with Gasteiger partial charge in [-0.15, -0.1) is 0 Å². The van der Waals surface area contributed by atoms with Crippen molar-refractivity contribution in [3.05, 3.63) is 81.5 Å². The van der Waals surface area contributed by atoms with E-state index >= 15 is 0 Å². The maximum atomic E-state index is 13.5. The Hall–Kier alpha value is -3.66. The summed E-state index contributed by atoms with van der Waals surface area (Å²) in [6.07, 6.45) is 6.00. The molecule has 1 aliphatic heterocycles. The molecule has 11 heteroatoms. The van der Waals surface area contributed by atoms with Crippen molar-refractivity contribution < 1.29 is 0 Å². The van der Waals surface area contributed by atoms with E-state index in [0.717, 1.165) is 25.2 Å². The molecular weight excluding hydrogens is 511 g/mol. The molecule has 37 heavy (non-hydrogen) atoms. The third kappa shape index (κ3) is 4.19. The Morgan fingerprint density at radius 3 is 2.51 bits per heavy atom. The van der Waals surface area contributed by atoms with Crippen LogP contribution in [0.25, 0.3) is 22.5 Å². The van der Waals surface area contributed by atoms with Gasteiger partial charge in [-0.3, -0.25) is 9.20 Å². The van der Waals surface area contributed by atoms with E-state index in [4.69, 9.17) is 23.2 Å². The zero-order valence-electron chi connectivity index (χ0n) is 20.3. The Morgan fingerprint density at radius 1 is 1.05 bits per heavy atom. The largest absolute Gasteiger partial charge is 0.370 e. The molecule has 1 fully saturated rings. The summed E-state index contributed by atoms with van der Waals surface area (Å²) >= 11 is 12.8. The summed E-state index contributed by atoms with van der Waals surface area (Å²) in [6.45, 7) is 2.06. The number of rotatable bonds is 5. The Morgan fingerprint density at radius 2 is 1.81 bits per heavy atom. The number of nitrogens with zero attached hydrogens (tertiary/aromatic N) is 7. The fourth-order valence-electron chi connectivity index (χ4n) is 4.79. The maximum Gasteiger partial charge on any atom is 0.270 e. The summed E-state index contributed by atoms with van der Waals surface area (Å²) in [4.78, 5) is 31.6. The standard InChI is InChI=1S/C26H24Cl2N8O/c1-33(2)18-10-12-34(15-18)17-8-6-16(7-9-17)31-25-30-14-19-23(32-25)35-13-11-29-26(35)36(24(19)37)22-20(27)4-3-5-21(22)28/h3-9,11,13-14,18H,10,12,15H2,1-2H3,(H,30,31,32)/t18-/m1/s1. The fourth-order valence-corrected chi connectivity index (χ4v) is 5.36. The van der Waals surface area contributed by atoms with E-state index in [9.17, 15) is 4.79 Å². The Bertz CT molecular complexity index is 1660. The van der Waals surface area contributed by atoms with Crippen LogP contribution < -0.4 is 15.8 Å². The summed E-state index contributed by atoms with van der Waals surface area (Å²) in [5.41, 5.74) is 2.47. The number of para-hydroxylation sites is 1. The molecule has 4 heterocycles. The zero-order chi connectivity index (χ0) is 25.7. The van der Waals surface area contributed by atoms with Gasteiger partial charge in [0.05, 0.1) is 15.7 Å². The van der Waals surface area contributed by atoms with Gasteiger partial charge >= 0.3 is 0 Å². The van der Waals surface area contributed by atoms with Crippen molar-refractivity contribution in [2.24, 2.45) is 0 Å². The molecule has 0 bridgehead atoms. The highest BCUT2D eigenvalue weighted by atomic mass is 35.5. The van der Waals surface area contributed by atoms with Crippen LogP contribution in [0.1, 0.15) is 6.42 Å². The molecule has 2 aromatic carbocycles. The lowest BCUT2D eigenvalue weighted by atomic mass is 10.2. The number of fused-ring (bicyclic) bond motifs is 3. The van der Waals surface area contributed by atoms with E-state index in [1.807, 2.05) is 12.1 Å². The third-order valence-electron chi connectivity index (χ3n) is 6.79. The van der Waals surface area contributed by atoms with E-state index in [1.165, 1.54) is 16.5 Å². The highest BCUT2D eigenvalue weighted by Gasteiger charge is 2.24. The summed E-state index contributed by atoms with van der Waals surface area (Å²) in [6, 6.07) is 13.9. The second-order valence-corrected chi connectivity index (χ2v) is 10.1. The van der Waals surface area contributed by atoms with Gasteiger partial charge in [0.2, 0.25) is 11.7 Å². The van der Waals surface area contributed by atoms with Crippen LogP contribution in [-0.4, -0.2) is 62.0 Å². The Balaban J connectivity index is 1.34. The van der Waals surface area contributed by atoms with Gasteiger partial charge in [0, 0.05) is 49.1 Å². The maximum absolute atomic E-state index is 13.5. The molecule has 1 saturated heterocycles. The molecule has 9 nitrogen and oxygen atoms in total. The predicted molar refractivity (Wildman–Crippen MR) is 148 cm³/mol. The molecule has 0 saturated carbocycles. The first-order chi connectivity index (χ1) is 17.9. The lowest BCUT2D eigenvalue weighted by Crippen LogP contribution is -2.31. The molecule has 188 valence electrons. The van der Waals surface area contributed by atoms with Crippen molar-refractivity contribution >= 4 is 57.3 Å². The zero-order valence-corrected chi connectivity index (χ0v) is 21.8. The van der Waals surface area contributed by atoms with E-state index < -0.39 is 0 Å². The second-order valence-electron chi connectivity index (χ2n) is 9.26. The van der Waals surface area contributed by atoms with Gasteiger partial charge in [0.25, 0.3) is 5.56 Å². The molecule has 0 amide bonds. The average Bonchev–Trinajstić information content (AvgIpc) is 3.57. The van der Waals surface area contributed by atoms with E-state index in [-0.39, 0.29) is 5.56 Å². The van der Waals surface area contributed by atoms with Crippen molar-refractivity contribution in [1.82, 2.24) is 28.8 Å². The topological polar surface area (TPSA) is 83.6 Å². The minimum atomic E-state index is -0.360. The minimum Gasteiger partial charge on any atom is -0.370 e. The van der Waals surface area contributed by atoms with Gasteiger partial charge in [0.15, 0.2) is 5.65 Å². The van der Waals surface area contributed by atoms with Crippen molar-refractivity contribution in [3.8, 4) is 5.69 Å². The van der Waals surface area contributed by atoms with Gasteiger partial charge in [-0.05, 0) is 56.9 Å². The van der Waals surface area contributed by atoms with E-state index in [0.29, 0.717) is 44.5 Å². The molecule has 0 aliphatic carbocycles. The molecule has 1 atom stereocenters. The first kappa shape index (κ1) is 23.7. The number of aromatic nitrogens is 5. The smallest absolute Gasteiger partial charge is 0.270 e. The molecule has 5 aromatic rings. The van der Waals surface area contributed by atoms with Crippen LogP contribution in [-0.2, 0) is 0 Å². The second kappa shape index (κ2) is 9.33. The van der Waals surface area contributed by atoms with Gasteiger partial charge in [0.1, 0.15) is 5.39 Å². The highest BCUT2D eigenvalue weighted by Crippen LogP contribution is 2.29. The molecule has 3 aromatic heterocycles. The SMILES string of the molecule is CN(C)[C@@H]1CCN(c2ccc(Nc3ncc4c(=O)n(-c5c(Cl)cccc5Cl)c5nccn5c4n3)cc2)C1. The number of anilines is 3. The van der Waals surface area contributed by atoms with E-state index in [2.05, 4.69) is 56.3 Å². The minimum absolute atomic E-state index is 0.312. The van der Waals surface area contributed by atoms with Gasteiger partial charge in [-0.2, -0.15) is 4.98 Å². The van der Waals surface area contributed by atoms with Crippen molar-refractivity contribution in [2.45, 2.75) is 12.5 Å². The van der Waals surface area contributed by atoms with Gasteiger partial charge in [-0.1, -0.05) is 29.3 Å². The molecular formula is C26H24Cl2N8O.